The number of fused-ring (bicyclic) bond motifs is 2. The van der Waals surface area contributed by atoms with Gasteiger partial charge in [0.05, 0.1) is 0 Å². The Kier molecular flexibility index (Phi) is 5.46. The molecule has 2 atom stereocenters. The zero-order chi connectivity index (χ0) is 18.8. The van der Waals surface area contributed by atoms with Crippen LogP contribution >= 0.6 is 12.2 Å². The predicted octanol–water partition coefficient (Wildman–Crippen LogP) is 4.79. The molecule has 0 radical (unpaired) electrons. The number of hydrogen-bond donors (Lipinski definition) is 2. The summed E-state index contributed by atoms with van der Waals surface area (Å²) in [6.07, 6.45) is 4.98. The minimum atomic E-state index is 0.473. The van der Waals surface area contributed by atoms with Gasteiger partial charge in [0.1, 0.15) is 0 Å². The fourth-order valence-electron chi connectivity index (χ4n) is 4.62. The second-order valence-corrected chi connectivity index (χ2v) is 8.52. The Balaban J connectivity index is 1.33. The van der Waals surface area contributed by atoms with Gasteiger partial charge in [-0.15, -0.1) is 0 Å². The molecule has 3 nitrogen and oxygen atoms in total. The molecule has 0 saturated carbocycles. The first-order chi connectivity index (χ1) is 13.1. The molecule has 2 N–H and O–H groups in total. The summed E-state index contributed by atoms with van der Waals surface area (Å²) in [5, 5.41) is 7.69. The van der Waals surface area contributed by atoms with Gasteiger partial charge < -0.3 is 10.6 Å². The van der Waals surface area contributed by atoms with Gasteiger partial charge in [0.2, 0.25) is 0 Å². The van der Waals surface area contributed by atoms with E-state index in [9.17, 15) is 0 Å². The van der Waals surface area contributed by atoms with Gasteiger partial charge in [-0.05, 0) is 80.6 Å². The third-order valence-electron chi connectivity index (χ3n) is 6.19. The normalized spacial score (nSPS) is 24.6. The maximum Gasteiger partial charge on any atom is 0.170 e. The van der Waals surface area contributed by atoms with Crippen LogP contribution in [0, 0.1) is 13.8 Å². The van der Waals surface area contributed by atoms with E-state index in [0.717, 1.165) is 17.3 Å². The van der Waals surface area contributed by atoms with Gasteiger partial charge >= 0.3 is 0 Å². The van der Waals surface area contributed by atoms with E-state index >= 15 is 0 Å². The molecule has 2 aliphatic heterocycles. The van der Waals surface area contributed by atoms with Crippen LogP contribution in [-0.2, 0) is 6.54 Å². The smallest absolute Gasteiger partial charge is 0.170 e. The van der Waals surface area contributed by atoms with Crippen LogP contribution in [0.4, 0.5) is 5.69 Å². The van der Waals surface area contributed by atoms with Crippen LogP contribution in [0.15, 0.2) is 48.5 Å². The Morgan fingerprint density at radius 3 is 2.37 bits per heavy atom. The third-order valence-corrected chi connectivity index (χ3v) is 6.41. The number of rotatable bonds is 4. The number of thiocarbonyl (C=S) groups is 1. The first-order valence-electron chi connectivity index (χ1n) is 10.0. The van der Waals surface area contributed by atoms with Gasteiger partial charge in [-0.3, -0.25) is 4.90 Å². The summed E-state index contributed by atoms with van der Waals surface area (Å²) in [7, 11) is 0. The summed E-state index contributed by atoms with van der Waals surface area (Å²) in [5.74, 6) is 0. The molecule has 4 rings (SSSR count). The van der Waals surface area contributed by atoms with Crippen LogP contribution in [0.25, 0.3) is 0 Å². The number of hydrogen-bond acceptors (Lipinski definition) is 2. The van der Waals surface area contributed by atoms with Gasteiger partial charge in [-0.1, -0.05) is 36.4 Å². The molecule has 0 amide bonds. The molecular formula is C23H29N3S. The van der Waals surface area contributed by atoms with Crippen LogP contribution in [0.3, 0.4) is 0 Å². The molecule has 2 aliphatic rings. The average Bonchev–Trinajstić information content (AvgIpc) is 2.88. The maximum atomic E-state index is 5.59. The van der Waals surface area contributed by atoms with Gasteiger partial charge in [0, 0.05) is 30.4 Å². The fraction of sp³-hybridized carbons (Fsp3) is 0.435. The number of anilines is 1. The van der Waals surface area contributed by atoms with Crippen LogP contribution in [-0.4, -0.2) is 28.1 Å². The van der Waals surface area contributed by atoms with Crippen molar-refractivity contribution in [2.75, 3.05) is 5.32 Å². The Hall–Kier alpha value is -1.91. The van der Waals surface area contributed by atoms with Gasteiger partial charge in [-0.25, -0.2) is 0 Å². The molecular weight excluding hydrogens is 350 g/mol. The molecule has 0 spiro atoms. The van der Waals surface area contributed by atoms with Crippen molar-refractivity contribution in [1.29, 1.82) is 0 Å². The number of benzene rings is 2. The van der Waals surface area contributed by atoms with Gasteiger partial charge in [0.25, 0.3) is 0 Å². The Labute approximate surface area is 168 Å². The number of nitrogens with one attached hydrogen (secondary N) is 2. The van der Waals surface area contributed by atoms with Crippen LogP contribution in [0.2, 0.25) is 0 Å². The first kappa shape index (κ1) is 18.5. The minimum Gasteiger partial charge on any atom is -0.360 e. The number of aryl methyl sites for hydroxylation is 2. The molecule has 2 heterocycles. The Morgan fingerprint density at radius 1 is 1.00 bits per heavy atom. The minimum absolute atomic E-state index is 0.473. The molecule has 2 fully saturated rings. The van der Waals surface area contributed by atoms with E-state index in [0.29, 0.717) is 18.1 Å². The Bertz CT molecular complexity index is 791. The average molecular weight is 380 g/mol. The summed E-state index contributed by atoms with van der Waals surface area (Å²) in [6.45, 7) is 5.35. The zero-order valence-electron chi connectivity index (χ0n) is 16.2. The molecule has 2 saturated heterocycles. The summed E-state index contributed by atoms with van der Waals surface area (Å²) in [5.41, 5.74) is 5.09. The summed E-state index contributed by atoms with van der Waals surface area (Å²) in [4.78, 5) is 2.72. The lowest BCUT2D eigenvalue weighted by molar-refractivity contribution is 0.115. The lowest BCUT2D eigenvalue weighted by atomic mass is 9.96. The molecule has 0 unspecified atom stereocenters. The van der Waals surface area contributed by atoms with E-state index in [1.807, 2.05) is 0 Å². The summed E-state index contributed by atoms with van der Waals surface area (Å²) in [6, 6.07) is 19.1. The quantitative estimate of drug-likeness (QED) is 0.747. The molecule has 2 aromatic rings. The van der Waals surface area contributed by atoms with Crippen molar-refractivity contribution in [2.45, 2.75) is 64.2 Å². The largest absolute Gasteiger partial charge is 0.360 e. The molecule has 0 aromatic heterocycles. The number of nitrogens with zero attached hydrogens (tertiary/aromatic N) is 1. The monoisotopic (exact) mass is 379 g/mol. The van der Waals surface area contributed by atoms with E-state index in [4.69, 9.17) is 12.2 Å². The summed E-state index contributed by atoms with van der Waals surface area (Å²) < 4.78 is 0. The third kappa shape index (κ3) is 4.33. The second-order valence-electron chi connectivity index (χ2n) is 8.11. The molecule has 0 aliphatic carbocycles. The van der Waals surface area contributed by atoms with Crippen LogP contribution < -0.4 is 10.6 Å². The molecule has 2 aromatic carbocycles. The Morgan fingerprint density at radius 2 is 1.70 bits per heavy atom. The van der Waals surface area contributed by atoms with Crippen LogP contribution in [0.1, 0.15) is 42.4 Å². The topological polar surface area (TPSA) is 27.3 Å². The lowest BCUT2D eigenvalue weighted by Gasteiger charge is -2.39. The van der Waals surface area contributed by atoms with E-state index in [1.54, 1.807) is 0 Å². The summed E-state index contributed by atoms with van der Waals surface area (Å²) >= 11 is 5.59. The molecule has 2 bridgehead atoms. The molecule has 27 heavy (non-hydrogen) atoms. The van der Waals surface area contributed by atoms with E-state index in [-0.39, 0.29) is 0 Å². The standard InChI is InChI=1S/C23H29N3S/c1-16-8-9-19(12-17(16)2)24-23(27)25-20-13-21-10-11-22(14-20)26(21)15-18-6-4-3-5-7-18/h3-9,12,20-22H,10-11,13-15H2,1-2H3,(H2,24,25,27)/t21-,22-/m1/s1. The van der Waals surface area contributed by atoms with E-state index in [1.165, 1.54) is 42.4 Å². The molecule has 4 heteroatoms. The highest BCUT2D eigenvalue weighted by atomic mass is 32.1. The molecule has 142 valence electrons. The fourth-order valence-corrected chi connectivity index (χ4v) is 4.90. The van der Waals surface area contributed by atoms with Crippen molar-refractivity contribution in [1.82, 2.24) is 10.2 Å². The highest BCUT2D eigenvalue weighted by Gasteiger charge is 2.40. The van der Waals surface area contributed by atoms with E-state index < -0.39 is 0 Å². The SMILES string of the molecule is Cc1ccc(NC(=S)NC2C[C@H]3CC[C@H](C2)N3Cc2ccccc2)cc1C. The van der Waals surface area contributed by atoms with Crippen LogP contribution in [0.5, 0.6) is 0 Å². The van der Waals surface area contributed by atoms with Crippen molar-refractivity contribution in [3.63, 3.8) is 0 Å². The van der Waals surface area contributed by atoms with Crippen molar-refractivity contribution < 1.29 is 0 Å². The van der Waals surface area contributed by atoms with Gasteiger partial charge in [-0.2, -0.15) is 0 Å². The maximum absolute atomic E-state index is 5.59. The predicted molar refractivity (Wildman–Crippen MR) is 117 cm³/mol. The van der Waals surface area contributed by atoms with Crippen molar-refractivity contribution in [3.8, 4) is 0 Å². The van der Waals surface area contributed by atoms with Gasteiger partial charge in [0.15, 0.2) is 5.11 Å². The number of piperidine rings is 1. The zero-order valence-corrected chi connectivity index (χ0v) is 17.1. The van der Waals surface area contributed by atoms with Crippen molar-refractivity contribution in [3.05, 3.63) is 65.2 Å². The van der Waals surface area contributed by atoms with Crippen molar-refractivity contribution in [2.24, 2.45) is 0 Å². The van der Waals surface area contributed by atoms with E-state index in [2.05, 4.69) is 77.9 Å². The first-order valence-corrected chi connectivity index (χ1v) is 10.4. The highest BCUT2D eigenvalue weighted by Crippen LogP contribution is 2.36. The lowest BCUT2D eigenvalue weighted by Crippen LogP contribution is -2.50. The van der Waals surface area contributed by atoms with Crippen molar-refractivity contribution >= 4 is 23.0 Å². The highest BCUT2D eigenvalue weighted by molar-refractivity contribution is 7.80. The second kappa shape index (κ2) is 7.99.